The van der Waals surface area contributed by atoms with Gasteiger partial charge in [-0.25, -0.2) is 9.59 Å². The second kappa shape index (κ2) is 16.0. The third kappa shape index (κ3) is 10.2. The molecule has 2 aromatic carbocycles. The maximum atomic E-state index is 13.0. The van der Waals surface area contributed by atoms with E-state index >= 15 is 0 Å². The molecular weight excluding hydrogens is 560 g/mol. The quantitative estimate of drug-likeness (QED) is 0.150. The number of aromatic carboxylic acids is 1. The van der Waals surface area contributed by atoms with Crippen molar-refractivity contribution in [3.63, 3.8) is 0 Å². The molecule has 4 N–H and O–H groups in total. The van der Waals surface area contributed by atoms with Crippen molar-refractivity contribution >= 4 is 40.8 Å². The summed E-state index contributed by atoms with van der Waals surface area (Å²) in [5, 5.41) is 15.6. The molecule has 2 amide bonds. The number of carbonyl (C=O) groups is 4. The number of aromatic nitrogens is 1. The molecule has 10 heteroatoms. The minimum Gasteiger partial charge on any atom is -0.477 e. The lowest BCUT2D eigenvalue weighted by molar-refractivity contribution is -0.120. The van der Waals surface area contributed by atoms with Gasteiger partial charge in [-0.3, -0.25) is 9.69 Å². The number of likely N-dealkylation sites (N-methyl/N-ethyl adjacent to an activating group) is 1. The van der Waals surface area contributed by atoms with E-state index < -0.39 is 11.6 Å². The van der Waals surface area contributed by atoms with Crippen LogP contribution in [0.15, 0.2) is 54.6 Å². The Bertz CT molecular complexity index is 1400. The van der Waals surface area contributed by atoms with Gasteiger partial charge in [0.2, 0.25) is 5.91 Å². The topological polar surface area (TPSA) is 141 Å². The van der Waals surface area contributed by atoms with Gasteiger partial charge in [0, 0.05) is 35.0 Å². The van der Waals surface area contributed by atoms with E-state index in [4.69, 9.17) is 9.84 Å². The maximum absolute atomic E-state index is 13.0. The van der Waals surface area contributed by atoms with Gasteiger partial charge in [0.15, 0.2) is 0 Å². The van der Waals surface area contributed by atoms with Crippen molar-refractivity contribution in [3.05, 3.63) is 65.9 Å². The number of hydrogen-bond donors (Lipinski definition) is 4. The minimum atomic E-state index is -1.00. The minimum absolute atomic E-state index is 0.0443. The predicted molar refractivity (Wildman–Crippen MR) is 172 cm³/mol. The van der Waals surface area contributed by atoms with Gasteiger partial charge >= 0.3 is 12.1 Å². The summed E-state index contributed by atoms with van der Waals surface area (Å²) in [4.78, 5) is 50.9. The lowest BCUT2D eigenvalue weighted by Gasteiger charge is -2.24. The molecule has 2 heterocycles. The number of aromatic amines is 1. The summed E-state index contributed by atoms with van der Waals surface area (Å²) < 4.78 is 5.10. The van der Waals surface area contributed by atoms with Gasteiger partial charge < -0.3 is 30.3 Å². The molecule has 1 aliphatic rings. The van der Waals surface area contributed by atoms with Crippen LogP contribution >= 0.6 is 0 Å². The van der Waals surface area contributed by atoms with E-state index in [9.17, 15) is 19.2 Å². The Balaban J connectivity index is 0.000000271. The fourth-order valence-electron chi connectivity index (χ4n) is 5.33. The van der Waals surface area contributed by atoms with Crippen LogP contribution in [0.3, 0.4) is 0 Å². The molecule has 44 heavy (non-hydrogen) atoms. The molecule has 1 aromatic heterocycles. The number of nitrogens with one attached hydrogen (secondary N) is 3. The fourth-order valence-corrected chi connectivity index (χ4v) is 5.33. The van der Waals surface area contributed by atoms with Crippen molar-refractivity contribution < 1.29 is 29.0 Å². The first-order valence-corrected chi connectivity index (χ1v) is 15.3. The number of likely N-dealkylation sites (tertiary alicyclic amines) is 1. The Labute approximate surface area is 259 Å². The molecule has 1 saturated heterocycles. The SMILES string of the molecule is CCC(C=O)CCCCNC(=O)OC(C)(C)C.CN1CC[C@@H](c2ccccc2)[C@H]1C(=O)Nc1ccc2[nH]c(C(=O)O)cc2c1. The number of carboxylic acids is 1. The van der Waals surface area contributed by atoms with E-state index in [1.54, 1.807) is 24.3 Å². The number of amides is 2. The molecule has 238 valence electrons. The molecule has 4 rings (SSSR count). The van der Waals surface area contributed by atoms with Gasteiger partial charge in [-0.05, 0) is 89.9 Å². The fraction of sp³-hybridized carbons (Fsp3) is 0.471. The third-order valence-electron chi connectivity index (χ3n) is 7.65. The van der Waals surface area contributed by atoms with Gasteiger partial charge in [0.05, 0.1) is 6.04 Å². The summed E-state index contributed by atoms with van der Waals surface area (Å²) in [7, 11) is 1.97. The van der Waals surface area contributed by atoms with Crippen LogP contribution in [0.1, 0.15) is 81.8 Å². The average Bonchev–Trinajstić information content (AvgIpc) is 3.58. The number of nitrogens with zero attached hydrogens (tertiary/aromatic N) is 1. The Hall–Kier alpha value is -4.18. The number of alkyl carbamates (subject to hydrolysis) is 1. The van der Waals surface area contributed by atoms with Crippen molar-refractivity contribution in [2.75, 3.05) is 25.5 Å². The standard InChI is InChI=1S/C21H21N3O3.C13H25NO3/c1-24-10-9-16(13-5-3-2-4-6-13)19(24)20(25)22-15-7-8-17-14(11-15)12-18(23-17)21(26)27;1-5-11(10-15)8-6-7-9-14-12(16)17-13(2,3)4/h2-8,11-12,16,19,23H,9-10H2,1H3,(H,22,25)(H,26,27);10-11H,5-9H2,1-4H3,(H,14,16)/t16-,19-;/m0./s1. The Morgan fingerprint density at radius 1 is 1.11 bits per heavy atom. The Morgan fingerprint density at radius 2 is 1.84 bits per heavy atom. The van der Waals surface area contributed by atoms with Gasteiger partial charge in [0.25, 0.3) is 0 Å². The van der Waals surface area contributed by atoms with E-state index in [1.165, 1.54) is 5.56 Å². The molecule has 0 spiro atoms. The number of benzene rings is 2. The highest BCUT2D eigenvalue weighted by molar-refractivity contribution is 5.99. The number of fused-ring (bicyclic) bond motifs is 1. The van der Waals surface area contributed by atoms with Crippen molar-refractivity contribution in [1.82, 2.24) is 15.2 Å². The van der Waals surface area contributed by atoms with Crippen LogP contribution in [0.2, 0.25) is 0 Å². The second-order valence-corrected chi connectivity index (χ2v) is 12.2. The zero-order chi connectivity index (χ0) is 32.3. The number of rotatable bonds is 11. The summed E-state index contributed by atoms with van der Waals surface area (Å²) in [5.41, 5.74) is 2.25. The van der Waals surface area contributed by atoms with Crippen molar-refractivity contribution in [2.45, 2.75) is 77.4 Å². The van der Waals surface area contributed by atoms with E-state index in [2.05, 4.69) is 32.7 Å². The molecular formula is C34H46N4O6. The summed E-state index contributed by atoms with van der Waals surface area (Å²) in [5.74, 6) is -0.727. The Kier molecular flexibility index (Phi) is 12.5. The smallest absolute Gasteiger partial charge is 0.407 e. The highest BCUT2D eigenvalue weighted by atomic mass is 16.6. The van der Waals surface area contributed by atoms with Gasteiger partial charge in [-0.1, -0.05) is 43.7 Å². The number of carboxylic acid groups (broad SMARTS) is 1. The van der Waals surface area contributed by atoms with Crippen LogP contribution in [0, 0.1) is 5.92 Å². The number of hydrogen-bond acceptors (Lipinski definition) is 6. The van der Waals surface area contributed by atoms with E-state index in [0.717, 1.165) is 55.8 Å². The van der Waals surface area contributed by atoms with E-state index in [-0.39, 0.29) is 35.6 Å². The number of ether oxygens (including phenoxy) is 1. The molecule has 1 fully saturated rings. The molecule has 3 aromatic rings. The molecule has 1 aliphatic heterocycles. The van der Waals surface area contributed by atoms with Crippen LogP contribution in [0.25, 0.3) is 10.9 Å². The summed E-state index contributed by atoms with van der Waals surface area (Å²) in [6.07, 6.45) is 5.20. The summed E-state index contributed by atoms with van der Waals surface area (Å²) in [6, 6.07) is 16.8. The third-order valence-corrected chi connectivity index (χ3v) is 7.65. The second-order valence-electron chi connectivity index (χ2n) is 12.2. The first-order chi connectivity index (χ1) is 20.9. The summed E-state index contributed by atoms with van der Waals surface area (Å²) in [6.45, 7) is 8.99. The lowest BCUT2D eigenvalue weighted by Crippen LogP contribution is -2.40. The van der Waals surface area contributed by atoms with Crippen molar-refractivity contribution in [3.8, 4) is 0 Å². The molecule has 0 radical (unpaired) electrons. The number of unbranched alkanes of at least 4 members (excludes halogenated alkanes) is 1. The molecule has 3 atom stereocenters. The molecule has 0 aliphatic carbocycles. The van der Waals surface area contributed by atoms with Crippen LogP contribution < -0.4 is 10.6 Å². The first-order valence-electron chi connectivity index (χ1n) is 15.3. The van der Waals surface area contributed by atoms with Gasteiger partial charge in [-0.2, -0.15) is 0 Å². The number of carbonyl (C=O) groups excluding carboxylic acids is 3. The van der Waals surface area contributed by atoms with Crippen LogP contribution in [0.5, 0.6) is 0 Å². The molecule has 10 nitrogen and oxygen atoms in total. The molecule has 1 unspecified atom stereocenters. The summed E-state index contributed by atoms with van der Waals surface area (Å²) >= 11 is 0. The van der Waals surface area contributed by atoms with Gasteiger partial charge in [-0.15, -0.1) is 0 Å². The largest absolute Gasteiger partial charge is 0.477 e. The first kappa shape index (κ1) is 34.3. The highest BCUT2D eigenvalue weighted by Gasteiger charge is 2.38. The molecule has 0 bridgehead atoms. The van der Waals surface area contributed by atoms with Crippen LogP contribution in [-0.4, -0.2) is 71.0 Å². The molecule has 0 saturated carbocycles. The lowest BCUT2D eigenvalue weighted by atomic mass is 9.91. The van der Waals surface area contributed by atoms with Gasteiger partial charge in [0.1, 0.15) is 17.6 Å². The number of anilines is 1. The van der Waals surface area contributed by atoms with E-state index in [1.807, 2.05) is 52.9 Å². The van der Waals surface area contributed by atoms with E-state index in [0.29, 0.717) is 12.2 Å². The monoisotopic (exact) mass is 606 g/mol. The number of H-pyrrole nitrogens is 1. The zero-order valence-electron chi connectivity index (χ0n) is 26.4. The average molecular weight is 607 g/mol. The highest BCUT2D eigenvalue weighted by Crippen LogP contribution is 2.33. The normalized spacial score (nSPS) is 17.3. The zero-order valence-corrected chi connectivity index (χ0v) is 26.4. The van der Waals surface area contributed by atoms with Crippen LogP contribution in [0.4, 0.5) is 10.5 Å². The van der Waals surface area contributed by atoms with Crippen molar-refractivity contribution in [1.29, 1.82) is 0 Å². The van der Waals surface area contributed by atoms with Crippen LogP contribution in [-0.2, 0) is 14.3 Å². The number of aldehydes is 1. The Morgan fingerprint density at radius 3 is 2.48 bits per heavy atom. The van der Waals surface area contributed by atoms with Crippen molar-refractivity contribution in [2.24, 2.45) is 5.92 Å². The maximum Gasteiger partial charge on any atom is 0.407 e. The predicted octanol–water partition coefficient (Wildman–Crippen LogP) is 6.20.